The fourth-order valence-corrected chi connectivity index (χ4v) is 3.19. The van der Waals surface area contributed by atoms with Gasteiger partial charge in [0.2, 0.25) is 0 Å². The van der Waals surface area contributed by atoms with Crippen LogP contribution in [0.2, 0.25) is 0 Å². The van der Waals surface area contributed by atoms with Gasteiger partial charge in [-0.1, -0.05) is 50.6 Å². The van der Waals surface area contributed by atoms with Gasteiger partial charge in [-0.25, -0.2) is 9.97 Å². The molecule has 144 valence electrons. The Kier molecular flexibility index (Phi) is 6.76. The lowest BCUT2D eigenvalue weighted by Gasteiger charge is -2.34. The standard InChI is InChI=1S/C21H29N5O/c1-3-5-11-22-21(27)18-16-19(26-14-12-25(4-2)13-15-26)24-20(23-18)17-9-7-6-8-10-17/h6-10,16H,3-5,11-15H2,1-2H3,(H,22,27). The van der Waals surface area contributed by atoms with Crippen molar-refractivity contribution in [3.63, 3.8) is 0 Å². The van der Waals surface area contributed by atoms with Crippen molar-refractivity contribution in [3.8, 4) is 11.4 Å². The van der Waals surface area contributed by atoms with E-state index in [-0.39, 0.29) is 5.91 Å². The van der Waals surface area contributed by atoms with Gasteiger partial charge in [0.1, 0.15) is 11.5 Å². The van der Waals surface area contributed by atoms with Crippen molar-refractivity contribution < 1.29 is 4.79 Å². The van der Waals surface area contributed by atoms with Crippen molar-refractivity contribution in [2.24, 2.45) is 0 Å². The Hall–Kier alpha value is -2.47. The van der Waals surface area contributed by atoms with Crippen LogP contribution in [0.3, 0.4) is 0 Å². The fourth-order valence-electron chi connectivity index (χ4n) is 3.19. The quantitative estimate of drug-likeness (QED) is 0.763. The van der Waals surface area contributed by atoms with Crippen molar-refractivity contribution in [2.45, 2.75) is 26.7 Å². The molecule has 1 saturated heterocycles. The van der Waals surface area contributed by atoms with Crippen LogP contribution in [0.1, 0.15) is 37.2 Å². The Labute approximate surface area is 161 Å². The van der Waals surface area contributed by atoms with Crippen molar-refractivity contribution in [2.75, 3.05) is 44.2 Å². The highest BCUT2D eigenvalue weighted by Crippen LogP contribution is 2.21. The number of amides is 1. The minimum Gasteiger partial charge on any atom is -0.354 e. The van der Waals surface area contributed by atoms with E-state index >= 15 is 0 Å². The molecule has 0 saturated carbocycles. The lowest BCUT2D eigenvalue weighted by atomic mass is 10.2. The van der Waals surface area contributed by atoms with Gasteiger partial charge in [0, 0.05) is 44.4 Å². The summed E-state index contributed by atoms with van der Waals surface area (Å²) in [5, 5.41) is 2.97. The van der Waals surface area contributed by atoms with Gasteiger partial charge in [-0.3, -0.25) is 4.79 Å². The monoisotopic (exact) mass is 367 g/mol. The second kappa shape index (κ2) is 9.46. The lowest BCUT2D eigenvalue weighted by molar-refractivity contribution is 0.0948. The molecule has 6 heteroatoms. The largest absolute Gasteiger partial charge is 0.354 e. The average Bonchev–Trinajstić information content (AvgIpc) is 2.74. The third kappa shape index (κ3) is 5.04. The summed E-state index contributed by atoms with van der Waals surface area (Å²) in [7, 11) is 0. The number of hydrogen-bond donors (Lipinski definition) is 1. The highest BCUT2D eigenvalue weighted by atomic mass is 16.1. The predicted molar refractivity (Wildman–Crippen MR) is 109 cm³/mol. The van der Waals surface area contributed by atoms with Crippen LogP contribution >= 0.6 is 0 Å². The van der Waals surface area contributed by atoms with E-state index in [1.807, 2.05) is 36.4 Å². The SMILES string of the molecule is CCCCNC(=O)c1cc(N2CCN(CC)CC2)nc(-c2ccccc2)n1. The molecule has 27 heavy (non-hydrogen) atoms. The fraction of sp³-hybridized carbons (Fsp3) is 0.476. The maximum absolute atomic E-state index is 12.6. The Balaban J connectivity index is 1.88. The summed E-state index contributed by atoms with van der Waals surface area (Å²) in [6.07, 6.45) is 2.01. The van der Waals surface area contributed by atoms with Gasteiger partial charge in [0.15, 0.2) is 5.82 Å². The minimum atomic E-state index is -0.128. The molecule has 1 aliphatic rings. The second-order valence-corrected chi connectivity index (χ2v) is 6.83. The molecule has 0 bridgehead atoms. The Morgan fingerprint density at radius 1 is 1.07 bits per heavy atom. The van der Waals surface area contributed by atoms with Gasteiger partial charge in [0.05, 0.1) is 0 Å². The Morgan fingerprint density at radius 2 is 1.81 bits per heavy atom. The first-order chi connectivity index (χ1) is 13.2. The molecule has 1 aromatic heterocycles. The predicted octanol–water partition coefficient (Wildman–Crippen LogP) is 2.82. The first kappa shape index (κ1) is 19.3. The number of carbonyl (C=O) groups excluding carboxylic acids is 1. The van der Waals surface area contributed by atoms with Crippen molar-refractivity contribution in [1.82, 2.24) is 20.2 Å². The van der Waals surface area contributed by atoms with E-state index in [1.54, 1.807) is 0 Å². The van der Waals surface area contributed by atoms with Crippen molar-refractivity contribution in [3.05, 3.63) is 42.1 Å². The second-order valence-electron chi connectivity index (χ2n) is 6.83. The zero-order valence-corrected chi connectivity index (χ0v) is 16.3. The molecule has 0 unspecified atom stereocenters. The van der Waals surface area contributed by atoms with Crippen LogP contribution in [-0.2, 0) is 0 Å². The third-order valence-electron chi connectivity index (χ3n) is 4.94. The molecule has 0 atom stereocenters. The highest BCUT2D eigenvalue weighted by Gasteiger charge is 2.20. The first-order valence-corrected chi connectivity index (χ1v) is 9.91. The number of nitrogens with one attached hydrogen (secondary N) is 1. The van der Waals surface area contributed by atoms with E-state index in [2.05, 4.69) is 33.9 Å². The summed E-state index contributed by atoms with van der Waals surface area (Å²) in [5.41, 5.74) is 1.36. The molecular weight excluding hydrogens is 338 g/mol. The number of benzene rings is 1. The summed E-state index contributed by atoms with van der Waals surface area (Å²) in [4.78, 5) is 26.6. The Bertz CT molecular complexity index is 741. The van der Waals surface area contributed by atoms with Crippen LogP contribution in [-0.4, -0.2) is 60.0 Å². The molecule has 1 fully saturated rings. The number of likely N-dealkylation sites (N-methyl/N-ethyl adjacent to an activating group) is 1. The molecule has 0 spiro atoms. The normalized spacial score (nSPS) is 15.0. The molecule has 6 nitrogen and oxygen atoms in total. The van der Waals surface area contributed by atoms with Gasteiger partial charge in [0.25, 0.3) is 5.91 Å². The number of aromatic nitrogens is 2. The van der Waals surface area contributed by atoms with E-state index in [1.165, 1.54) is 0 Å². The Morgan fingerprint density at radius 3 is 2.48 bits per heavy atom. The van der Waals surface area contributed by atoms with Crippen LogP contribution in [0.5, 0.6) is 0 Å². The van der Waals surface area contributed by atoms with Crippen LogP contribution < -0.4 is 10.2 Å². The van der Waals surface area contributed by atoms with Gasteiger partial charge >= 0.3 is 0 Å². The molecule has 0 aliphatic carbocycles. The molecule has 1 aliphatic heterocycles. The van der Waals surface area contributed by atoms with E-state index in [4.69, 9.17) is 4.98 Å². The van der Waals surface area contributed by atoms with Crippen molar-refractivity contribution in [1.29, 1.82) is 0 Å². The lowest BCUT2D eigenvalue weighted by Crippen LogP contribution is -2.46. The number of rotatable bonds is 7. The first-order valence-electron chi connectivity index (χ1n) is 9.91. The number of carbonyl (C=O) groups is 1. The van der Waals surface area contributed by atoms with E-state index in [0.717, 1.165) is 56.9 Å². The number of nitrogens with zero attached hydrogens (tertiary/aromatic N) is 4. The molecule has 3 rings (SSSR count). The maximum Gasteiger partial charge on any atom is 0.270 e. The highest BCUT2D eigenvalue weighted by molar-refractivity contribution is 5.93. The number of hydrogen-bond acceptors (Lipinski definition) is 5. The smallest absolute Gasteiger partial charge is 0.270 e. The number of piperazine rings is 1. The van der Waals surface area contributed by atoms with Gasteiger partial charge < -0.3 is 15.1 Å². The van der Waals surface area contributed by atoms with Crippen molar-refractivity contribution >= 4 is 11.7 Å². The topological polar surface area (TPSA) is 61.4 Å². The van der Waals surface area contributed by atoms with Gasteiger partial charge in [-0.15, -0.1) is 0 Å². The zero-order chi connectivity index (χ0) is 19.1. The summed E-state index contributed by atoms with van der Waals surface area (Å²) >= 11 is 0. The molecular formula is C21H29N5O. The summed E-state index contributed by atoms with van der Waals surface area (Å²) < 4.78 is 0. The number of anilines is 1. The summed E-state index contributed by atoms with van der Waals surface area (Å²) in [6, 6.07) is 11.7. The molecule has 1 amide bonds. The van der Waals surface area contributed by atoms with Crippen LogP contribution in [0, 0.1) is 0 Å². The van der Waals surface area contributed by atoms with E-state index in [0.29, 0.717) is 18.1 Å². The average molecular weight is 367 g/mol. The molecule has 1 aromatic carbocycles. The van der Waals surface area contributed by atoms with E-state index in [9.17, 15) is 4.79 Å². The van der Waals surface area contributed by atoms with Gasteiger partial charge in [-0.2, -0.15) is 0 Å². The zero-order valence-electron chi connectivity index (χ0n) is 16.3. The molecule has 1 N–H and O–H groups in total. The van der Waals surface area contributed by atoms with E-state index < -0.39 is 0 Å². The summed E-state index contributed by atoms with van der Waals surface area (Å²) in [5.74, 6) is 1.31. The molecule has 2 aromatic rings. The van der Waals surface area contributed by atoms with Crippen LogP contribution in [0.25, 0.3) is 11.4 Å². The number of unbranched alkanes of at least 4 members (excludes halogenated alkanes) is 1. The molecule has 2 heterocycles. The third-order valence-corrected chi connectivity index (χ3v) is 4.94. The van der Waals surface area contributed by atoms with Gasteiger partial charge in [-0.05, 0) is 13.0 Å². The molecule has 0 radical (unpaired) electrons. The summed E-state index contributed by atoms with van der Waals surface area (Å²) in [6.45, 7) is 9.89. The van der Waals surface area contributed by atoms with Crippen LogP contribution in [0.15, 0.2) is 36.4 Å². The maximum atomic E-state index is 12.6. The minimum absolute atomic E-state index is 0.128. The van der Waals surface area contributed by atoms with Crippen LogP contribution in [0.4, 0.5) is 5.82 Å².